The van der Waals surface area contributed by atoms with Gasteiger partial charge < -0.3 is 25.0 Å². The third kappa shape index (κ3) is 4.78. The van der Waals surface area contributed by atoms with Crippen molar-refractivity contribution in [2.45, 2.75) is 19.8 Å². The van der Waals surface area contributed by atoms with Crippen molar-refractivity contribution in [1.82, 2.24) is 9.97 Å². The molecule has 0 spiro atoms. The van der Waals surface area contributed by atoms with Gasteiger partial charge in [-0.15, -0.1) is 0 Å². The summed E-state index contributed by atoms with van der Waals surface area (Å²) in [7, 11) is 3.11. The molecular weight excluding hydrogens is 346 g/mol. The Balaban J connectivity index is 1.58. The van der Waals surface area contributed by atoms with Gasteiger partial charge in [0.25, 0.3) is 0 Å². The summed E-state index contributed by atoms with van der Waals surface area (Å²) in [5, 5.41) is 5.48. The van der Waals surface area contributed by atoms with E-state index in [1.54, 1.807) is 44.8 Å². The smallest absolute Gasteiger partial charge is 0.323 e. The number of piperidine rings is 1. The fraction of sp³-hybridized carbons (Fsp3) is 0.421. The van der Waals surface area contributed by atoms with E-state index < -0.39 is 0 Å². The quantitative estimate of drug-likeness (QED) is 0.838. The lowest BCUT2D eigenvalue weighted by Gasteiger charge is -2.30. The van der Waals surface area contributed by atoms with E-state index in [-0.39, 0.29) is 6.03 Å². The number of carbonyl (C=O) groups excluding carboxylic acids is 1. The van der Waals surface area contributed by atoms with E-state index in [9.17, 15) is 4.79 Å². The maximum Gasteiger partial charge on any atom is 0.323 e. The molecule has 0 atom stereocenters. The summed E-state index contributed by atoms with van der Waals surface area (Å²) in [6.45, 7) is 4.20. The highest BCUT2D eigenvalue weighted by molar-refractivity contribution is 5.99. The molecule has 2 amide bonds. The first-order valence-electron chi connectivity index (χ1n) is 8.96. The van der Waals surface area contributed by atoms with E-state index in [2.05, 4.69) is 32.4 Å². The van der Waals surface area contributed by atoms with Crippen LogP contribution in [0.4, 0.5) is 22.1 Å². The number of carbonyl (C=O) groups is 1. The molecule has 0 unspecified atom stereocenters. The van der Waals surface area contributed by atoms with Crippen molar-refractivity contribution in [3.05, 3.63) is 30.6 Å². The second-order valence-electron chi connectivity index (χ2n) is 6.59. The normalized spacial score (nSPS) is 14.6. The van der Waals surface area contributed by atoms with Crippen LogP contribution < -0.4 is 25.0 Å². The number of anilines is 3. The Kier molecular flexibility index (Phi) is 5.95. The molecule has 8 heteroatoms. The standard InChI is InChI=1S/C19H25N5O3/c1-13-6-8-24(9-7-13)18-20-11-15(12-21-18)23-19(25)22-14-4-5-16(26-2)17(10-14)27-3/h4-5,10-13H,6-9H2,1-3H3,(H2,22,23,25). The average molecular weight is 371 g/mol. The van der Waals surface area contributed by atoms with Crippen molar-refractivity contribution in [2.24, 2.45) is 5.92 Å². The van der Waals surface area contributed by atoms with Gasteiger partial charge in [-0.25, -0.2) is 14.8 Å². The molecule has 0 saturated carbocycles. The molecule has 144 valence electrons. The summed E-state index contributed by atoms with van der Waals surface area (Å²) in [5.41, 5.74) is 1.12. The van der Waals surface area contributed by atoms with E-state index in [0.717, 1.165) is 31.8 Å². The van der Waals surface area contributed by atoms with Crippen LogP contribution in [-0.2, 0) is 0 Å². The lowest BCUT2D eigenvalue weighted by Crippen LogP contribution is -2.34. The summed E-state index contributed by atoms with van der Waals surface area (Å²) in [4.78, 5) is 23.1. The third-order valence-corrected chi connectivity index (χ3v) is 4.60. The Bertz CT molecular complexity index is 773. The van der Waals surface area contributed by atoms with Crippen molar-refractivity contribution >= 4 is 23.4 Å². The molecule has 1 aliphatic rings. The van der Waals surface area contributed by atoms with Crippen LogP contribution in [0, 0.1) is 5.92 Å². The summed E-state index contributed by atoms with van der Waals surface area (Å²) < 4.78 is 10.4. The van der Waals surface area contributed by atoms with E-state index in [1.165, 1.54) is 0 Å². The van der Waals surface area contributed by atoms with E-state index in [1.807, 2.05) is 0 Å². The van der Waals surface area contributed by atoms with Gasteiger partial charge in [-0.05, 0) is 30.9 Å². The number of hydrogen-bond donors (Lipinski definition) is 2. The van der Waals surface area contributed by atoms with Gasteiger partial charge in [-0.1, -0.05) is 6.92 Å². The van der Waals surface area contributed by atoms with Gasteiger partial charge in [-0.2, -0.15) is 0 Å². The minimum absolute atomic E-state index is 0.384. The minimum Gasteiger partial charge on any atom is -0.493 e. The fourth-order valence-electron chi connectivity index (χ4n) is 2.97. The first-order chi connectivity index (χ1) is 13.1. The summed E-state index contributed by atoms with van der Waals surface area (Å²) in [6, 6.07) is 4.77. The minimum atomic E-state index is -0.384. The SMILES string of the molecule is COc1ccc(NC(=O)Nc2cnc(N3CCC(C)CC3)nc2)cc1OC. The van der Waals surface area contributed by atoms with Crippen molar-refractivity contribution in [3.63, 3.8) is 0 Å². The number of hydrogen-bond acceptors (Lipinski definition) is 6. The Labute approximate surface area is 158 Å². The maximum absolute atomic E-state index is 12.2. The summed E-state index contributed by atoms with van der Waals surface area (Å²) in [5.74, 6) is 2.59. The van der Waals surface area contributed by atoms with E-state index in [0.29, 0.717) is 28.8 Å². The number of nitrogens with one attached hydrogen (secondary N) is 2. The van der Waals surface area contributed by atoms with Gasteiger partial charge in [0, 0.05) is 24.8 Å². The van der Waals surface area contributed by atoms with Crippen LogP contribution in [0.15, 0.2) is 30.6 Å². The molecule has 27 heavy (non-hydrogen) atoms. The fourth-order valence-corrected chi connectivity index (χ4v) is 2.97. The number of urea groups is 1. The largest absolute Gasteiger partial charge is 0.493 e. The van der Waals surface area contributed by atoms with Crippen LogP contribution >= 0.6 is 0 Å². The molecule has 1 aromatic carbocycles. The second-order valence-corrected chi connectivity index (χ2v) is 6.59. The van der Waals surface area contributed by atoms with Crippen LogP contribution in [0.5, 0.6) is 11.5 Å². The molecule has 8 nitrogen and oxygen atoms in total. The Hall–Kier alpha value is -3.03. The number of rotatable bonds is 5. The van der Waals surface area contributed by atoms with Crippen LogP contribution in [-0.4, -0.2) is 43.3 Å². The molecule has 1 aliphatic heterocycles. The first kappa shape index (κ1) is 18.8. The summed E-state index contributed by atoms with van der Waals surface area (Å²) in [6.07, 6.45) is 5.54. The van der Waals surface area contributed by atoms with Gasteiger partial charge >= 0.3 is 6.03 Å². The van der Waals surface area contributed by atoms with Gasteiger partial charge in [-0.3, -0.25) is 0 Å². The highest BCUT2D eigenvalue weighted by atomic mass is 16.5. The number of aromatic nitrogens is 2. The van der Waals surface area contributed by atoms with Crippen LogP contribution in [0.1, 0.15) is 19.8 Å². The van der Waals surface area contributed by atoms with E-state index in [4.69, 9.17) is 9.47 Å². The zero-order valence-electron chi connectivity index (χ0n) is 15.9. The van der Waals surface area contributed by atoms with Crippen LogP contribution in [0.25, 0.3) is 0 Å². The molecule has 2 aromatic rings. The van der Waals surface area contributed by atoms with E-state index >= 15 is 0 Å². The van der Waals surface area contributed by atoms with Crippen molar-refractivity contribution in [1.29, 1.82) is 0 Å². The molecule has 3 rings (SSSR count). The third-order valence-electron chi connectivity index (χ3n) is 4.60. The zero-order chi connectivity index (χ0) is 19.2. The molecule has 1 aromatic heterocycles. The summed E-state index contributed by atoms with van der Waals surface area (Å²) >= 11 is 0. The average Bonchev–Trinajstić information content (AvgIpc) is 2.69. The number of benzene rings is 1. The van der Waals surface area contributed by atoms with Crippen molar-refractivity contribution in [3.8, 4) is 11.5 Å². The van der Waals surface area contributed by atoms with Crippen molar-refractivity contribution < 1.29 is 14.3 Å². The van der Waals surface area contributed by atoms with Crippen molar-refractivity contribution in [2.75, 3.05) is 42.8 Å². The Morgan fingerprint density at radius 2 is 1.67 bits per heavy atom. The van der Waals surface area contributed by atoms with Gasteiger partial charge in [0.05, 0.1) is 32.3 Å². The highest BCUT2D eigenvalue weighted by Crippen LogP contribution is 2.29. The number of methoxy groups -OCH3 is 2. The molecule has 0 bridgehead atoms. The molecule has 0 radical (unpaired) electrons. The van der Waals surface area contributed by atoms with Crippen LogP contribution in [0.3, 0.4) is 0 Å². The Morgan fingerprint density at radius 3 is 2.30 bits per heavy atom. The topological polar surface area (TPSA) is 88.6 Å². The second kappa shape index (κ2) is 8.57. The first-order valence-corrected chi connectivity index (χ1v) is 8.96. The highest BCUT2D eigenvalue weighted by Gasteiger charge is 2.18. The molecule has 0 aliphatic carbocycles. The predicted octanol–water partition coefficient (Wildman–Crippen LogP) is 3.37. The lowest BCUT2D eigenvalue weighted by molar-refractivity contribution is 0.262. The molecular formula is C19H25N5O3. The maximum atomic E-state index is 12.2. The molecule has 1 fully saturated rings. The van der Waals surface area contributed by atoms with Gasteiger partial charge in [0.1, 0.15) is 0 Å². The van der Waals surface area contributed by atoms with Gasteiger partial charge in [0.2, 0.25) is 5.95 Å². The number of ether oxygens (including phenoxy) is 2. The number of amides is 2. The molecule has 2 heterocycles. The number of nitrogens with zero attached hydrogens (tertiary/aromatic N) is 3. The molecule has 1 saturated heterocycles. The Morgan fingerprint density at radius 1 is 1.04 bits per heavy atom. The van der Waals surface area contributed by atoms with Crippen LogP contribution in [0.2, 0.25) is 0 Å². The predicted molar refractivity (Wildman–Crippen MR) is 105 cm³/mol. The molecule has 2 N–H and O–H groups in total. The van der Waals surface area contributed by atoms with Gasteiger partial charge in [0.15, 0.2) is 11.5 Å². The monoisotopic (exact) mass is 371 g/mol. The lowest BCUT2D eigenvalue weighted by atomic mass is 10.00. The zero-order valence-corrected chi connectivity index (χ0v) is 15.9.